The third-order valence-corrected chi connectivity index (χ3v) is 10.7. The predicted octanol–water partition coefficient (Wildman–Crippen LogP) is -0.710. The van der Waals surface area contributed by atoms with Crippen LogP contribution < -0.4 is 16.0 Å². The van der Waals surface area contributed by atoms with Gasteiger partial charge in [-0.3, -0.25) is 33.8 Å². The Morgan fingerprint density at radius 1 is 1.22 bits per heavy atom. The van der Waals surface area contributed by atoms with E-state index in [-0.39, 0.29) is 54.6 Å². The fourth-order valence-electron chi connectivity index (χ4n) is 5.12. The standard InChI is InChI=1S/C26H26N8O9S3/c1-2-32-6-7-33(20(39)19(32)38)24(43)29-16(13-4-3-5-15(36)8-13)18(37)30-26(27-11-35)22(42)34-17(21(40)41)14(9-44-23(26)34)10-45-25-31-28-12-46-25/h3-5,8,11-12,16,23,36H,2,6-7,9-10H2,1H3,(H,27,35)(H,29,43)(H,30,37)(H,40,41)/t16?,23-,26-/m1/s1. The summed E-state index contributed by atoms with van der Waals surface area (Å²) in [6, 6.07) is 2.55. The molecule has 2 saturated heterocycles. The van der Waals surface area contributed by atoms with Crippen LogP contribution >= 0.6 is 34.9 Å². The summed E-state index contributed by atoms with van der Waals surface area (Å²) >= 11 is 3.61. The number of phenols is 1. The number of piperazine rings is 1. The molecule has 1 aromatic heterocycles. The van der Waals surface area contributed by atoms with Crippen LogP contribution in [0, 0.1) is 0 Å². The number of nitrogens with zero attached hydrogens (tertiary/aromatic N) is 5. The van der Waals surface area contributed by atoms with Crippen molar-refractivity contribution in [1.82, 2.24) is 40.8 Å². The van der Waals surface area contributed by atoms with E-state index in [0.29, 0.717) is 14.8 Å². The van der Waals surface area contributed by atoms with E-state index in [0.717, 1.165) is 16.7 Å². The second kappa shape index (κ2) is 13.3. The highest BCUT2D eigenvalue weighted by Gasteiger charge is 2.66. The first-order chi connectivity index (χ1) is 22.0. The van der Waals surface area contributed by atoms with Crippen LogP contribution in [0.1, 0.15) is 18.5 Å². The Morgan fingerprint density at radius 3 is 2.65 bits per heavy atom. The number of aromatic nitrogens is 2. The summed E-state index contributed by atoms with van der Waals surface area (Å²) in [6.07, 6.45) is 0.181. The molecule has 7 amide bonds. The average molecular weight is 691 g/mol. The van der Waals surface area contributed by atoms with Crippen molar-refractivity contribution in [1.29, 1.82) is 0 Å². The minimum Gasteiger partial charge on any atom is -0.508 e. The van der Waals surface area contributed by atoms with Gasteiger partial charge in [-0.2, -0.15) is 0 Å². The molecule has 20 heteroatoms. The van der Waals surface area contributed by atoms with Crippen LogP contribution in [0.2, 0.25) is 0 Å². The maximum absolute atomic E-state index is 13.9. The molecular weight excluding hydrogens is 665 g/mol. The molecule has 1 aromatic carbocycles. The van der Waals surface area contributed by atoms with Crippen molar-refractivity contribution in [3.63, 3.8) is 0 Å². The number of carboxylic acids is 1. The van der Waals surface area contributed by atoms with Crippen molar-refractivity contribution in [2.24, 2.45) is 0 Å². The Hall–Kier alpha value is -4.69. The van der Waals surface area contributed by atoms with Crippen LogP contribution in [0.5, 0.6) is 5.75 Å². The highest BCUT2D eigenvalue weighted by atomic mass is 32.2. The number of rotatable bonds is 11. The van der Waals surface area contributed by atoms with Gasteiger partial charge in [0.25, 0.3) is 5.91 Å². The van der Waals surface area contributed by atoms with Crippen LogP contribution in [0.25, 0.3) is 0 Å². The lowest BCUT2D eigenvalue weighted by atomic mass is 9.94. The van der Waals surface area contributed by atoms with Gasteiger partial charge in [-0.05, 0) is 30.2 Å². The zero-order valence-corrected chi connectivity index (χ0v) is 26.3. The van der Waals surface area contributed by atoms with Crippen molar-refractivity contribution in [2.75, 3.05) is 31.1 Å². The SMILES string of the molecule is CCN1CCN(C(=O)NC(C(=O)N[C@]2(NC=O)C(=O)N3C(C(=O)O)=C(CSc4nncs4)CS[C@@H]32)c2cccc(O)c2)C(=O)C1=O. The average Bonchev–Trinajstić information content (AvgIpc) is 3.56. The van der Waals surface area contributed by atoms with Crippen LogP contribution in [-0.4, -0.2) is 119 Å². The van der Waals surface area contributed by atoms with Gasteiger partial charge in [0.2, 0.25) is 18.0 Å². The summed E-state index contributed by atoms with van der Waals surface area (Å²) in [4.78, 5) is 92.8. The molecule has 0 saturated carbocycles. The van der Waals surface area contributed by atoms with Crippen LogP contribution in [0.15, 0.2) is 45.4 Å². The normalized spacial score (nSPS) is 21.7. The third-order valence-electron chi connectivity index (χ3n) is 7.34. The molecule has 46 heavy (non-hydrogen) atoms. The molecule has 3 atom stereocenters. The molecule has 2 fully saturated rings. The van der Waals surface area contributed by atoms with Gasteiger partial charge in [0, 0.05) is 31.1 Å². The van der Waals surface area contributed by atoms with E-state index < -0.39 is 52.7 Å². The highest BCUT2D eigenvalue weighted by Crippen LogP contribution is 2.46. The molecule has 2 aromatic rings. The molecule has 4 heterocycles. The Morgan fingerprint density at radius 2 is 2.00 bits per heavy atom. The van der Waals surface area contributed by atoms with Gasteiger partial charge in [0.05, 0.1) is 0 Å². The number of aromatic hydroxyl groups is 1. The number of likely N-dealkylation sites (N-methyl/N-ethyl adjacent to an activating group) is 1. The molecule has 0 radical (unpaired) electrons. The number of aliphatic carboxylic acids is 1. The maximum Gasteiger partial charge on any atom is 0.352 e. The van der Waals surface area contributed by atoms with Crippen molar-refractivity contribution in [2.45, 2.75) is 28.3 Å². The number of carboxylic acid groups (broad SMARTS) is 1. The molecule has 17 nitrogen and oxygen atoms in total. The van der Waals surface area contributed by atoms with Crippen LogP contribution in [0.3, 0.4) is 0 Å². The van der Waals surface area contributed by atoms with Crippen molar-refractivity contribution in [3.05, 3.63) is 46.6 Å². The molecule has 0 bridgehead atoms. The number of hydrogen-bond acceptors (Lipinski definition) is 13. The lowest BCUT2D eigenvalue weighted by molar-refractivity contribution is -0.163. The molecule has 0 spiro atoms. The summed E-state index contributed by atoms with van der Waals surface area (Å²) in [5, 5.41) is 33.9. The Kier molecular flexibility index (Phi) is 9.49. The maximum atomic E-state index is 13.9. The molecule has 3 aliphatic heterocycles. The molecule has 0 aliphatic carbocycles. The monoisotopic (exact) mass is 690 g/mol. The topological polar surface area (TPSA) is 232 Å². The summed E-state index contributed by atoms with van der Waals surface area (Å²) in [6.45, 7) is 1.86. The van der Waals surface area contributed by atoms with Crippen LogP contribution in [0.4, 0.5) is 4.79 Å². The summed E-state index contributed by atoms with van der Waals surface area (Å²) < 4.78 is 0.599. The van der Waals surface area contributed by atoms with E-state index in [1.165, 1.54) is 57.8 Å². The zero-order chi connectivity index (χ0) is 33.2. The molecular formula is C26H26N8O9S3. The van der Waals surface area contributed by atoms with E-state index in [2.05, 4.69) is 26.1 Å². The van der Waals surface area contributed by atoms with Crippen molar-refractivity contribution >= 4 is 76.9 Å². The Balaban J connectivity index is 1.41. The van der Waals surface area contributed by atoms with E-state index in [9.17, 15) is 43.8 Å². The fraction of sp³-hybridized carbons (Fsp3) is 0.346. The fourth-order valence-corrected chi connectivity index (χ4v) is 8.18. The van der Waals surface area contributed by atoms with Crippen LogP contribution in [-0.2, 0) is 28.8 Å². The van der Waals surface area contributed by atoms with Crippen molar-refractivity contribution < 1.29 is 43.8 Å². The molecule has 1 unspecified atom stereocenters. The number of β-lactam (4-membered cyclic amide) rings is 1. The molecule has 5 N–H and O–H groups in total. The Bertz CT molecular complexity index is 1640. The number of phenolic OH excluding ortho intramolecular Hbond substituents is 1. The number of carbonyl (C=O) groups excluding carboxylic acids is 6. The zero-order valence-electron chi connectivity index (χ0n) is 23.9. The molecule has 3 aliphatic rings. The number of nitrogens with one attached hydrogen (secondary N) is 3. The Labute approximate surface area is 272 Å². The number of hydrogen-bond donors (Lipinski definition) is 5. The van der Waals surface area contributed by atoms with E-state index in [1.54, 1.807) is 6.92 Å². The number of amides is 7. The van der Waals surface area contributed by atoms with Gasteiger partial charge in [-0.1, -0.05) is 35.2 Å². The number of imide groups is 1. The number of thioether (sulfide) groups is 2. The smallest absolute Gasteiger partial charge is 0.352 e. The lowest BCUT2D eigenvalue weighted by Crippen LogP contribution is -2.85. The first-order valence-electron chi connectivity index (χ1n) is 13.6. The summed E-state index contributed by atoms with van der Waals surface area (Å²) in [5.41, 5.74) is -0.422. The number of urea groups is 1. The minimum absolute atomic E-state index is 0.0418. The van der Waals surface area contributed by atoms with Gasteiger partial charge in [0.1, 0.15) is 28.4 Å². The molecule has 242 valence electrons. The van der Waals surface area contributed by atoms with Gasteiger partial charge in [-0.15, -0.1) is 22.0 Å². The van der Waals surface area contributed by atoms with Gasteiger partial charge in [-0.25, -0.2) is 9.59 Å². The second-order valence-electron chi connectivity index (χ2n) is 9.97. The minimum atomic E-state index is -2.11. The van der Waals surface area contributed by atoms with E-state index >= 15 is 0 Å². The third kappa shape index (κ3) is 5.97. The van der Waals surface area contributed by atoms with Crippen molar-refractivity contribution in [3.8, 4) is 5.75 Å². The highest BCUT2D eigenvalue weighted by molar-refractivity contribution is 8.01. The number of benzene rings is 1. The summed E-state index contributed by atoms with van der Waals surface area (Å²) in [7, 11) is 0. The quantitative estimate of drug-likeness (QED) is 0.0646. The van der Waals surface area contributed by atoms with Gasteiger partial charge >= 0.3 is 23.8 Å². The largest absolute Gasteiger partial charge is 0.508 e. The van der Waals surface area contributed by atoms with Gasteiger partial charge < -0.3 is 31.1 Å². The van der Waals surface area contributed by atoms with E-state index in [1.807, 2.05) is 0 Å². The predicted molar refractivity (Wildman–Crippen MR) is 162 cm³/mol. The van der Waals surface area contributed by atoms with E-state index in [4.69, 9.17) is 0 Å². The second-order valence-corrected chi connectivity index (χ2v) is 13.1. The first-order valence-corrected chi connectivity index (χ1v) is 16.5. The number of carbonyl (C=O) groups is 7. The number of fused-ring (bicyclic) bond motifs is 1. The first kappa shape index (κ1) is 32.7. The summed E-state index contributed by atoms with van der Waals surface area (Å²) in [5.74, 6) is -5.30. The van der Waals surface area contributed by atoms with Gasteiger partial charge in [0.15, 0.2) is 4.34 Å². The lowest BCUT2D eigenvalue weighted by Gasteiger charge is -2.56. The molecule has 5 rings (SSSR count).